The molecule has 0 aliphatic carbocycles. The van der Waals surface area contributed by atoms with Crippen LogP contribution in [0.1, 0.15) is 26.3 Å². The van der Waals surface area contributed by atoms with Gasteiger partial charge in [0.1, 0.15) is 19.0 Å². The molecule has 0 heterocycles. The molecule has 106 valence electrons. The highest BCUT2D eigenvalue weighted by atomic mass is 127. The number of hydrogen-bond acceptors (Lipinski definition) is 1. The van der Waals surface area contributed by atoms with Crippen molar-refractivity contribution in [2.45, 2.75) is 37.5 Å². The summed E-state index contributed by atoms with van der Waals surface area (Å²) in [6.07, 6.45) is 1.29. The molecule has 19 heavy (non-hydrogen) atoms. The third kappa shape index (κ3) is 4.43. The largest absolute Gasteiger partial charge is 0.296 e. The third-order valence-corrected chi connectivity index (χ3v) is 8.82. The zero-order valence-electron chi connectivity index (χ0n) is 11.3. The molecule has 0 fully saturated rings. The second-order valence-corrected chi connectivity index (χ2v) is 9.80. The minimum Gasteiger partial charge on any atom is -0.199 e. The van der Waals surface area contributed by atoms with Gasteiger partial charge < -0.3 is 0 Å². The second kappa shape index (κ2) is 6.54. The summed E-state index contributed by atoms with van der Waals surface area (Å²) in [6, 6.07) is 6.79. The molecule has 0 saturated heterocycles. The van der Waals surface area contributed by atoms with E-state index in [4.69, 9.17) is 0 Å². The first-order valence-electron chi connectivity index (χ1n) is 5.92. The average Bonchev–Trinajstić information content (AvgIpc) is 2.35. The minimum atomic E-state index is -2.97. The van der Waals surface area contributed by atoms with Gasteiger partial charge in [-0.05, 0) is 20.8 Å². The van der Waals surface area contributed by atoms with Crippen molar-refractivity contribution in [1.29, 1.82) is 0 Å². The fourth-order valence-corrected chi connectivity index (χ4v) is 3.04. The Balaban J connectivity index is 2.94. The van der Waals surface area contributed by atoms with E-state index in [9.17, 15) is 8.78 Å². The zero-order chi connectivity index (χ0) is 14.7. The maximum atomic E-state index is 14.4. The molecule has 0 bridgehead atoms. The van der Waals surface area contributed by atoms with Crippen LogP contribution in [-0.4, -0.2) is 10.8 Å². The van der Waals surface area contributed by atoms with Gasteiger partial charge in [-0.3, -0.25) is 0 Å². The summed E-state index contributed by atoms with van der Waals surface area (Å²) in [6.45, 7) is 9.62. The summed E-state index contributed by atoms with van der Waals surface area (Å²) < 4.78 is 31.8. The molecule has 0 spiro atoms. The highest BCUT2D eigenvalue weighted by Gasteiger charge is 2.45. The summed E-state index contributed by atoms with van der Waals surface area (Å²) in [5, 5.41) is 0. The maximum Gasteiger partial charge on any atom is 0.296 e. The molecule has 5 heteroatoms. The molecule has 0 aromatic heterocycles. The number of hydrogen-bond donors (Lipinski definition) is 1. The zero-order valence-corrected chi connectivity index (χ0v) is 14.3. The predicted molar refractivity (Wildman–Crippen MR) is 88.6 cm³/mol. The molecule has 1 aromatic rings. The highest BCUT2D eigenvalue weighted by Crippen LogP contribution is 2.34. The van der Waals surface area contributed by atoms with Crippen LogP contribution in [0.25, 0.3) is 0 Å². The number of halogens is 3. The molecule has 0 aliphatic rings. The van der Waals surface area contributed by atoms with Crippen molar-refractivity contribution < 1.29 is 8.78 Å². The Bertz CT molecular complexity index is 417. The lowest BCUT2D eigenvalue weighted by molar-refractivity contribution is -0.0212. The first-order chi connectivity index (χ1) is 8.69. The number of benzene rings is 1. The van der Waals surface area contributed by atoms with Gasteiger partial charge in [0.05, 0.1) is 0 Å². The van der Waals surface area contributed by atoms with Crippen LogP contribution in [0.15, 0.2) is 43.0 Å². The van der Waals surface area contributed by atoms with Crippen LogP contribution in [0.2, 0.25) is 0 Å². The van der Waals surface area contributed by atoms with Crippen molar-refractivity contribution in [2.75, 3.05) is 0 Å². The van der Waals surface area contributed by atoms with E-state index in [0.717, 1.165) is 0 Å². The molecule has 0 radical (unpaired) electrons. The van der Waals surface area contributed by atoms with E-state index in [-0.39, 0.29) is 18.6 Å². The van der Waals surface area contributed by atoms with Gasteiger partial charge in [0.15, 0.2) is 0 Å². The van der Waals surface area contributed by atoms with Gasteiger partial charge in [-0.15, -0.1) is 11.3 Å². The van der Waals surface area contributed by atoms with Crippen LogP contribution in [0.3, 0.4) is 0 Å². The first kappa shape index (κ1) is 16.9. The summed E-state index contributed by atoms with van der Waals surface area (Å²) in [5.41, 5.74) is 0.00899. The molecule has 1 nitrogen and oxygen atoms in total. The van der Waals surface area contributed by atoms with Crippen molar-refractivity contribution in [2.24, 2.45) is 0 Å². The molecule has 0 aliphatic heterocycles. The summed E-state index contributed by atoms with van der Waals surface area (Å²) >= 11 is 2.18. The van der Waals surface area contributed by atoms with Crippen molar-refractivity contribution in [1.82, 2.24) is 4.72 Å². The van der Waals surface area contributed by atoms with E-state index >= 15 is 0 Å². The molecule has 1 N–H and O–H groups in total. The van der Waals surface area contributed by atoms with Crippen molar-refractivity contribution in [3.63, 3.8) is 0 Å². The van der Waals surface area contributed by atoms with E-state index in [1.54, 1.807) is 18.2 Å². The van der Waals surface area contributed by atoms with Crippen LogP contribution in [0.4, 0.5) is 8.78 Å². The standard InChI is InChI=1S/C14H19F2INS/c1-5-12(18-19(17)13(2,3)4)14(15,16)11-9-7-6-8-10-11/h5-10,12,18H,1H2,2-4H3/q+1/t12-,19?/m1/s1. The van der Waals surface area contributed by atoms with Gasteiger partial charge >= 0.3 is 0 Å². The van der Waals surface area contributed by atoms with Crippen LogP contribution in [-0.2, 0) is 14.2 Å². The summed E-state index contributed by atoms with van der Waals surface area (Å²) in [5.74, 6) is -2.97. The lowest BCUT2D eigenvalue weighted by Gasteiger charge is -2.26. The van der Waals surface area contributed by atoms with Gasteiger partial charge in [0.2, 0.25) is 0 Å². The van der Waals surface area contributed by atoms with Gasteiger partial charge in [0.25, 0.3) is 27.1 Å². The fraction of sp³-hybridized carbons (Fsp3) is 0.429. The van der Waals surface area contributed by atoms with Crippen LogP contribution >= 0.6 is 21.2 Å². The third-order valence-electron chi connectivity index (χ3n) is 2.55. The SMILES string of the molecule is C=C[C@@H](N[S+](I)C(C)(C)C)C(F)(F)c1ccccc1. The average molecular weight is 398 g/mol. The van der Waals surface area contributed by atoms with E-state index in [0.29, 0.717) is 0 Å². The Labute approximate surface area is 128 Å². The Hall–Kier alpha value is -0.140. The quantitative estimate of drug-likeness (QED) is 0.434. The summed E-state index contributed by atoms with van der Waals surface area (Å²) in [4.78, 5) is 0. The molecule has 2 atom stereocenters. The lowest BCUT2D eigenvalue weighted by Crippen LogP contribution is -2.47. The van der Waals surface area contributed by atoms with Crippen molar-refractivity contribution >= 4 is 29.5 Å². The normalized spacial score (nSPS) is 15.9. The molecular weight excluding hydrogens is 379 g/mol. The molecular formula is C14H19F2INS+. The lowest BCUT2D eigenvalue weighted by atomic mass is 10.0. The Kier molecular flexibility index (Phi) is 5.82. The van der Waals surface area contributed by atoms with E-state index in [1.165, 1.54) is 18.2 Å². The first-order valence-corrected chi connectivity index (χ1v) is 9.69. The van der Waals surface area contributed by atoms with Gasteiger partial charge in [-0.2, -0.15) is 8.78 Å². The van der Waals surface area contributed by atoms with Crippen LogP contribution < -0.4 is 4.72 Å². The van der Waals surface area contributed by atoms with Crippen LogP contribution in [0.5, 0.6) is 0 Å². The molecule has 1 aromatic carbocycles. The monoisotopic (exact) mass is 398 g/mol. The Morgan fingerprint density at radius 2 is 1.79 bits per heavy atom. The van der Waals surface area contributed by atoms with E-state index in [2.05, 4.69) is 32.5 Å². The van der Waals surface area contributed by atoms with Crippen LogP contribution in [0, 0.1) is 0 Å². The number of nitrogens with one attached hydrogen (secondary N) is 1. The van der Waals surface area contributed by atoms with Crippen molar-refractivity contribution in [3.05, 3.63) is 48.6 Å². The topological polar surface area (TPSA) is 12.0 Å². The van der Waals surface area contributed by atoms with Gasteiger partial charge in [0, 0.05) is 5.56 Å². The van der Waals surface area contributed by atoms with Crippen molar-refractivity contribution in [3.8, 4) is 0 Å². The molecule has 0 saturated carbocycles. The fourth-order valence-electron chi connectivity index (χ4n) is 1.40. The summed E-state index contributed by atoms with van der Waals surface area (Å²) in [7, 11) is -0.369. The Morgan fingerprint density at radius 3 is 2.21 bits per heavy atom. The Morgan fingerprint density at radius 1 is 1.26 bits per heavy atom. The number of rotatable bonds is 5. The molecule has 1 unspecified atom stereocenters. The smallest absolute Gasteiger partial charge is 0.199 e. The van der Waals surface area contributed by atoms with Gasteiger partial charge in [-0.1, -0.05) is 36.4 Å². The van der Waals surface area contributed by atoms with E-state index < -0.39 is 12.0 Å². The van der Waals surface area contributed by atoms with Gasteiger partial charge in [-0.25, -0.2) is 0 Å². The number of alkyl halides is 2. The molecule has 0 amide bonds. The highest BCUT2D eigenvalue weighted by molar-refractivity contribution is 14.2. The van der Waals surface area contributed by atoms with E-state index in [1.807, 2.05) is 20.8 Å². The maximum absolute atomic E-state index is 14.4. The molecule has 1 rings (SSSR count). The second-order valence-electron chi connectivity index (χ2n) is 5.19. The predicted octanol–water partition coefficient (Wildman–Crippen LogP) is 4.60. The minimum absolute atomic E-state index is 0.00899.